The van der Waals surface area contributed by atoms with E-state index in [0.29, 0.717) is 11.4 Å². The summed E-state index contributed by atoms with van der Waals surface area (Å²) in [4.78, 5) is 11.8. The Balaban J connectivity index is 2.18. The molecule has 0 radical (unpaired) electrons. The van der Waals surface area contributed by atoms with Gasteiger partial charge >= 0.3 is 5.69 Å². The highest BCUT2D eigenvalue weighted by atomic mass is 16.5. The molecule has 0 spiro atoms. The molecule has 0 fully saturated rings. The fourth-order valence-corrected chi connectivity index (χ4v) is 4.06. The first-order valence-corrected chi connectivity index (χ1v) is 8.54. The van der Waals surface area contributed by atoms with Crippen molar-refractivity contribution in [2.45, 2.75) is 0 Å². The summed E-state index contributed by atoms with van der Waals surface area (Å²) in [5.74, 6) is 0.554. The van der Waals surface area contributed by atoms with Gasteiger partial charge < -0.3 is 4.74 Å². The molecule has 0 unspecified atom stereocenters. The molecule has 0 atom stereocenters. The molecule has 0 bridgehead atoms. The van der Waals surface area contributed by atoms with Gasteiger partial charge in [0.25, 0.3) is 0 Å². The normalized spacial score (nSPS) is 11.4. The number of nitrogens with one attached hydrogen (secondary N) is 1. The average molecular weight is 338 g/mol. The zero-order valence-electron chi connectivity index (χ0n) is 14.2. The van der Waals surface area contributed by atoms with Gasteiger partial charge in [-0.2, -0.15) is 0 Å². The second-order valence-corrected chi connectivity index (χ2v) is 6.42. The van der Waals surface area contributed by atoms with Gasteiger partial charge in [-0.05, 0) is 49.8 Å². The van der Waals surface area contributed by atoms with Gasteiger partial charge in [-0.25, -0.2) is 0 Å². The minimum atomic E-state index is 0.483. The fourth-order valence-electron chi connectivity index (χ4n) is 4.06. The molecule has 0 amide bonds. The third kappa shape index (κ3) is 1.88. The van der Waals surface area contributed by atoms with Gasteiger partial charge in [0.1, 0.15) is 0 Å². The van der Waals surface area contributed by atoms with Crippen molar-refractivity contribution in [2.75, 3.05) is 7.11 Å². The predicted octanol–water partition coefficient (Wildman–Crippen LogP) is 4.79. The van der Waals surface area contributed by atoms with E-state index in [1.165, 1.54) is 16.2 Å². The Kier molecular flexibility index (Phi) is 3.16. The van der Waals surface area contributed by atoms with Gasteiger partial charge in [-0.15, -0.1) is 0 Å². The zero-order valence-corrected chi connectivity index (χ0v) is 14.2. The van der Waals surface area contributed by atoms with Crippen molar-refractivity contribution in [2.24, 2.45) is 0 Å². The van der Waals surface area contributed by atoms with E-state index in [0.717, 1.165) is 26.9 Å². The highest BCUT2D eigenvalue weighted by Crippen LogP contribution is 2.42. The lowest BCUT2D eigenvalue weighted by molar-refractivity contribution is -0.378. The second kappa shape index (κ2) is 5.53. The molecule has 0 saturated heterocycles. The number of hydrogen-bond acceptors (Lipinski definition) is 2. The van der Waals surface area contributed by atoms with Crippen molar-refractivity contribution >= 4 is 48.8 Å². The molecule has 124 valence electrons. The average Bonchev–Trinajstić information content (AvgIpc) is 2.72. The Labute approximate surface area is 149 Å². The maximum absolute atomic E-state index is 11.8. The van der Waals surface area contributed by atoms with Crippen LogP contribution in [0.3, 0.4) is 0 Å². The molecule has 3 nitrogen and oxygen atoms in total. The molecule has 26 heavy (non-hydrogen) atoms. The van der Waals surface area contributed by atoms with Crippen LogP contribution in [0.1, 0.15) is 0 Å². The molecule has 5 rings (SSSR count). The maximum atomic E-state index is 11.8. The van der Waals surface area contributed by atoms with Gasteiger partial charge in [0.05, 0.1) is 12.5 Å². The van der Waals surface area contributed by atoms with Crippen molar-refractivity contribution < 1.29 is 9.91 Å². The Morgan fingerprint density at radius 3 is 1.96 bits per heavy atom. The van der Waals surface area contributed by atoms with Crippen LogP contribution in [-0.4, -0.2) is 7.11 Å². The van der Waals surface area contributed by atoms with Crippen LogP contribution in [0.2, 0.25) is 0 Å². The number of fused-ring (bicyclic) bond motifs is 8. The Morgan fingerprint density at radius 1 is 0.654 bits per heavy atom. The summed E-state index contributed by atoms with van der Waals surface area (Å²) in [6.07, 6.45) is 0. The largest absolute Gasteiger partial charge is 0.490 e. The van der Waals surface area contributed by atoms with E-state index in [4.69, 9.17) is 4.74 Å². The monoisotopic (exact) mass is 338 g/mol. The fraction of sp³-hybridized carbons (Fsp3) is 0.0435. The highest BCUT2D eigenvalue weighted by Gasteiger charge is 2.20. The summed E-state index contributed by atoms with van der Waals surface area (Å²) in [5.41, 5.74) is 0.483. The van der Waals surface area contributed by atoms with Gasteiger partial charge in [0.2, 0.25) is 0 Å². The molecule has 5 aromatic rings. The van der Waals surface area contributed by atoms with E-state index in [2.05, 4.69) is 53.7 Å². The maximum Gasteiger partial charge on any atom is 0.303 e. The quantitative estimate of drug-likeness (QED) is 0.470. The van der Waals surface area contributed by atoms with Crippen molar-refractivity contribution in [1.29, 1.82) is 0 Å². The van der Waals surface area contributed by atoms with Crippen LogP contribution in [0.25, 0.3) is 43.1 Å². The second-order valence-electron chi connectivity index (χ2n) is 6.42. The van der Waals surface area contributed by atoms with Crippen LogP contribution in [-0.2, 0) is 0 Å². The Morgan fingerprint density at radius 2 is 1.23 bits per heavy atom. The summed E-state index contributed by atoms with van der Waals surface area (Å²) in [6.45, 7) is 0. The van der Waals surface area contributed by atoms with Crippen LogP contribution in [0, 0.1) is 4.91 Å². The number of methoxy groups -OCH3 is 1. The van der Waals surface area contributed by atoms with E-state index < -0.39 is 0 Å². The van der Waals surface area contributed by atoms with E-state index >= 15 is 0 Å². The zero-order chi connectivity index (χ0) is 17.7. The topological polar surface area (TPSA) is 40.3 Å². The van der Waals surface area contributed by atoms with E-state index in [1.807, 2.05) is 24.3 Å². The first kappa shape index (κ1) is 14.8. The lowest BCUT2D eigenvalue weighted by Gasteiger charge is -2.13. The van der Waals surface area contributed by atoms with Crippen molar-refractivity contribution in [3.05, 3.63) is 77.7 Å². The van der Waals surface area contributed by atoms with Crippen LogP contribution in [0.4, 0.5) is 5.69 Å². The summed E-state index contributed by atoms with van der Waals surface area (Å²) >= 11 is 0. The highest BCUT2D eigenvalue weighted by molar-refractivity contribution is 6.33. The van der Waals surface area contributed by atoms with Crippen LogP contribution in [0.5, 0.6) is 5.75 Å². The standard InChI is InChI=1S/C23H15NO2/c1-26-20-13-12-19-18-11-10-14-6-2-3-7-15(14)21(18)16-8-4-5-9-17(16)22(19)23(20)24-25/h2-13H,1H3/p+1. The minimum Gasteiger partial charge on any atom is -0.490 e. The van der Waals surface area contributed by atoms with Gasteiger partial charge in [0, 0.05) is 10.1 Å². The molecule has 0 aromatic heterocycles. The van der Waals surface area contributed by atoms with Crippen LogP contribution < -0.4 is 9.91 Å². The first-order valence-electron chi connectivity index (χ1n) is 8.54. The van der Waals surface area contributed by atoms with Crippen molar-refractivity contribution in [1.82, 2.24) is 0 Å². The minimum absolute atomic E-state index is 0.483. The molecule has 0 saturated carbocycles. The van der Waals surface area contributed by atoms with E-state index in [1.54, 1.807) is 7.11 Å². The van der Waals surface area contributed by atoms with Gasteiger partial charge in [-0.3, -0.25) is 0 Å². The van der Waals surface area contributed by atoms with E-state index in [9.17, 15) is 4.91 Å². The molecular formula is C23H16NO2+. The van der Waals surface area contributed by atoms with Crippen LogP contribution in [0.15, 0.2) is 72.8 Å². The van der Waals surface area contributed by atoms with Crippen molar-refractivity contribution in [3.8, 4) is 5.75 Å². The van der Waals surface area contributed by atoms with Gasteiger partial charge in [-0.1, -0.05) is 60.7 Å². The SMILES string of the molecule is COc1ccc2c3ccc4ccccc4c3c3ccccc3c2c1[NH+]=O. The number of ether oxygens (including phenoxy) is 1. The third-order valence-corrected chi connectivity index (χ3v) is 5.17. The third-order valence-electron chi connectivity index (χ3n) is 5.17. The molecule has 0 aliphatic carbocycles. The lowest BCUT2D eigenvalue weighted by Crippen LogP contribution is -2.56. The summed E-state index contributed by atoms with van der Waals surface area (Å²) in [5, 5.41) is 11.0. The predicted molar refractivity (Wildman–Crippen MR) is 107 cm³/mol. The number of rotatable bonds is 2. The number of nitroso groups, excluding NO2 is 1. The Bertz CT molecular complexity index is 1320. The molecule has 5 aromatic carbocycles. The molecule has 0 aliphatic rings. The number of hydrogen-bond donors (Lipinski definition) is 1. The summed E-state index contributed by atoms with van der Waals surface area (Å²) < 4.78 is 5.41. The summed E-state index contributed by atoms with van der Waals surface area (Å²) in [6, 6.07) is 24.8. The first-order chi connectivity index (χ1) is 12.8. The van der Waals surface area contributed by atoms with E-state index in [-0.39, 0.29) is 0 Å². The molecule has 0 heterocycles. The molecule has 0 aliphatic heterocycles. The van der Waals surface area contributed by atoms with Crippen molar-refractivity contribution in [3.63, 3.8) is 0 Å². The lowest BCUT2D eigenvalue weighted by atomic mass is 9.90. The Hall–Kier alpha value is -3.46. The van der Waals surface area contributed by atoms with Crippen LogP contribution >= 0.6 is 0 Å². The van der Waals surface area contributed by atoms with Gasteiger partial charge in [0.15, 0.2) is 5.75 Å². The smallest absolute Gasteiger partial charge is 0.303 e. The molecule has 3 heteroatoms. The molecule has 1 N–H and O–H groups in total. The molecular weight excluding hydrogens is 322 g/mol. The summed E-state index contributed by atoms with van der Waals surface area (Å²) in [7, 11) is 1.58. The number of benzene rings is 5.